The second-order valence-corrected chi connectivity index (χ2v) is 10.9. The molecule has 7 heteroatoms. The van der Waals surface area contributed by atoms with E-state index in [1.54, 1.807) is 11.1 Å². The lowest BCUT2D eigenvalue weighted by atomic mass is 10.1. The lowest BCUT2D eigenvalue weighted by molar-refractivity contribution is -0.117. The van der Waals surface area contributed by atoms with Crippen molar-refractivity contribution < 1.29 is 14.6 Å². The lowest BCUT2D eigenvalue weighted by Gasteiger charge is -2.32. The Morgan fingerprint density at radius 2 is 2.24 bits per heavy atom. The average molecular weight is 333 g/mol. The van der Waals surface area contributed by atoms with Crippen LogP contribution in [0.1, 0.15) is 6.42 Å². The maximum Gasteiger partial charge on any atom is 0.250 e. The predicted molar refractivity (Wildman–Crippen MR) is 87.9 cm³/mol. The van der Waals surface area contributed by atoms with E-state index < -0.39 is 24.6 Å². The molecule has 4 atom stereocenters. The highest BCUT2D eigenvalue weighted by molar-refractivity contribution is 7.72. The molecule has 2 rings (SSSR count). The number of rotatable bonds is 4. The number of nitrogens with zero attached hydrogens (tertiary/aromatic N) is 1. The van der Waals surface area contributed by atoms with E-state index in [0.717, 1.165) is 12.6 Å². The first-order valence-corrected chi connectivity index (χ1v) is 10.3. The van der Waals surface area contributed by atoms with E-state index in [0.29, 0.717) is 5.82 Å². The highest BCUT2D eigenvalue weighted by Gasteiger charge is 2.45. The minimum atomic E-state index is -1.17. The third-order valence-corrected chi connectivity index (χ3v) is 5.50. The van der Waals surface area contributed by atoms with E-state index in [1.807, 2.05) is 0 Å². The van der Waals surface area contributed by atoms with Crippen molar-refractivity contribution >= 4 is 30.7 Å². The molecule has 2 aliphatic rings. The number of hydrogen-bond donors (Lipinski definition) is 2. The number of aliphatic hydroxyl groups excluding tert-OH is 1. The molecule has 1 saturated heterocycles. The third-order valence-electron chi connectivity index (χ3n) is 3.55. The Kier molecular flexibility index (Phi) is 4.89. The Morgan fingerprint density at radius 1 is 1.57 bits per heavy atom. The van der Waals surface area contributed by atoms with Gasteiger partial charge in [0.15, 0.2) is 6.23 Å². The van der Waals surface area contributed by atoms with Crippen LogP contribution in [0.25, 0.3) is 0 Å². The van der Waals surface area contributed by atoms with Gasteiger partial charge in [-0.1, -0.05) is 6.58 Å². The minimum Gasteiger partial charge on any atom is -0.389 e. The number of nitrogens with one attached hydrogen (secondary N) is 1. The van der Waals surface area contributed by atoms with Crippen molar-refractivity contribution in [3.8, 4) is 0 Å². The van der Waals surface area contributed by atoms with Gasteiger partial charge in [0.25, 0.3) is 5.91 Å². The number of ether oxygens (including phenoxy) is 1. The van der Waals surface area contributed by atoms with Crippen molar-refractivity contribution in [1.29, 1.82) is 0 Å². The van der Waals surface area contributed by atoms with Crippen molar-refractivity contribution in [2.24, 2.45) is 0 Å². The zero-order chi connectivity index (χ0) is 15.8. The largest absolute Gasteiger partial charge is 0.389 e. The van der Waals surface area contributed by atoms with Crippen LogP contribution in [0.2, 0.25) is 0 Å². The van der Waals surface area contributed by atoms with E-state index >= 15 is 0 Å². The van der Waals surface area contributed by atoms with E-state index in [4.69, 9.17) is 16.3 Å². The topological polar surface area (TPSA) is 61.8 Å². The number of amides is 1. The lowest BCUT2D eigenvalue weighted by Crippen LogP contribution is -2.44. The molecule has 0 radical (unpaired) electrons. The van der Waals surface area contributed by atoms with E-state index in [9.17, 15) is 9.90 Å². The maximum absolute atomic E-state index is 11.2. The van der Waals surface area contributed by atoms with Crippen molar-refractivity contribution in [3.63, 3.8) is 0 Å². The van der Waals surface area contributed by atoms with Crippen LogP contribution in [0.5, 0.6) is 0 Å². The summed E-state index contributed by atoms with van der Waals surface area (Å²) in [6.45, 7) is 6.90. The SMILES string of the molecule is C=C1NC(=O)C=CN1[C@@H]1O[C@H](CCP(=C)(C)C)[C@@H](O)C1Cl. The summed E-state index contributed by atoms with van der Waals surface area (Å²) in [5.41, 5.74) is 0. The zero-order valence-corrected chi connectivity index (χ0v) is 14.0. The van der Waals surface area contributed by atoms with Gasteiger partial charge in [0.2, 0.25) is 0 Å². The summed E-state index contributed by atoms with van der Waals surface area (Å²) in [7, 11) is 0. The van der Waals surface area contributed by atoms with Gasteiger partial charge in [-0.15, -0.1) is 24.8 Å². The molecule has 2 heterocycles. The molecule has 0 aromatic rings. The molecule has 0 saturated carbocycles. The van der Waals surface area contributed by atoms with Crippen molar-refractivity contribution in [2.75, 3.05) is 19.5 Å². The number of carbonyl (C=O) groups is 1. The molecule has 2 aliphatic heterocycles. The Bertz CT molecular complexity index is 516. The minimum absolute atomic E-state index is 0.235. The first kappa shape index (κ1) is 16.6. The molecule has 0 aromatic heterocycles. The monoisotopic (exact) mass is 332 g/mol. The molecule has 21 heavy (non-hydrogen) atoms. The Labute approximate surface area is 130 Å². The van der Waals surface area contributed by atoms with Crippen LogP contribution in [0, 0.1) is 0 Å². The molecule has 1 amide bonds. The van der Waals surface area contributed by atoms with Crippen molar-refractivity contribution in [3.05, 3.63) is 24.7 Å². The van der Waals surface area contributed by atoms with Gasteiger partial charge in [0.1, 0.15) is 17.3 Å². The summed E-state index contributed by atoms with van der Waals surface area (Å²) >= 11 is 6.30. The number of hydrogen-bond acceptors (Lipinski definition) is 4. The molecular weight excluding hydrogens is 311 g/mol. The fourth-order valence-electron chi connectivity index (χ4n) is 2.37. The molecule has 0 spiro atoms. The molecule has 1 unspecified atom stereocenters. The summed E-state index contributed by atoms with van der Waals surface area (Å²) < 4.78 is 5.90. The number of carbonyl (C=O) groups excluding carboxylic acids is 1. The molecule has 0 aliphatic carbocycles. The number of halogens is 1. The Hall–Kier alpha value is -0.740. The average Bonchev–Trinajstić information content (AvgIpc) is 2.64. The molecule has 0 aromatic carbocycles. The summed E-state index contributed by atoms with van der Waals surface area (Å²) in [5.74, 6) is 0.164. The van der Waals surface area contributed by atoms with E-state index in [1.165, 1.54) is 6.08 Å². The van der Waals surface area contributed by atoms with E-state index in [2.05, 4.69) is 31.5 Å². The van der Waals surface area contributed by atoms with Crippen LogP contribution in [-0.4, -0.2) is 65.5 Å². The van der Waals surface area contributed by atoms with Crippen LogP contribution < -0.4 is 5.32 Å². The summed E-state index contributed by atoms with van der Waals surface area (Å²) in [5, 5.41) is 12.3. The van der Waals surface area contributed by atoms with Gasteiger partial charge in [-0.25, -0.2) is 0 Å². The van der Waals surface area contributed by atoms with Crippen LogP contribution in [-0.2, 0) is 9.53 Å². The molecule has 118 valence electrons. The van der Waals surface area contributed by atoms with Gasteiger partial charge < -0.3 is 20.1 Å². The molecule has 1 fully saturated rings. The zero-order valence-electron chi connectivity index (χ0n) is 12.3. The smallest absolute Gasteiger partial charge is 0.250 e. The molecular formula is C14H22ClN2O3P. The second-order valence-electron chi connectivity index (χ2n) is 6.11. The van der Waals surface area contributed by atoms with Gasteiger partial charge in [-0.2, -0.15) is 0 Å². The van der Waals surface area contributed by atoms with Crippen LogP contribution in [0.15, 0.2) is 24.7 Å². The summed E-state index contributed by atoms with van der Waals surface area (Å²) in [4.78, 5) is 12.9. The predicted octanol–water partition coefficient (Wildman–Crippen LogP) is 1.20. The Morgan fingerprint density at radius 3 is 2.81 bits per heavy atom. The molecule has 5 nitrogen and oxygen atoms in total. The fraction of sp³-hybridized carbons (Fsp3) is 0.571. The highest BCUT2D eigenvalue weighted by atomic mass is 35.5. The normalized spacial score (nSPS) is 33.4. The van der Waals surface area contributed by atoms with Crippen molar-refractivity contribution in [2.45, 2.75) is 30.2 Å². The van der Waals surface area contributed by atoms with Gasteiger partial charge in [-0.3, -0.25) is 4.79 Å². The van der Waals surface area contributed by atoms with Gasteiger partial charge >= 0.3 is 0 Å². The Balaban J connectivity index is 2.06. The molecule has 2 N–H and O–H groups in total. The standard InChI is InChI=1S/C14H22ClN2O3P/c1-9-16-11(18)5-7-17(9)14-12(15)13(19)10(20-14)6-8-21(2,3)4/h5,7,10,12-14,19H,1-2,6,8H2,3-4H3,(H,16,18)/t10-,12?,13-,14-/m1/s1. The third kappa shape index (κ3) is 3.92. The maximum atomic E-state index is 11.2. The highest BCUT2D eigenvalue weighted by Crippen LogP contribution is 2.39. The molecule has 0 bridgehead atoms. The summed E-state index contributed by atoms with van der Waals surface area (Å²) in [6, 6.07) is 0. The van der Waals surface area contributed by atoms with Gasteiger partial charge in [0.05, 0.1) is 6.10 Å². The van der Waals surface area contributed by atoms with Crippen LogP contribution >= 0.6 is 18.5 Å². The van der Waals surface area contributed by atoms with Crippen LogP contribution in [0.4, 0.5) is 0 Å². The number of alkyl halides is 1. The van der Waals surface area contributed by atoms with Gasteiger partial charge in [-0.05, 0) is 25.9 Å². The van der Waals surface area contributed by atoms with E-state index in [-0.39, 0.29) is 12.0 Å². The quantitative estimate of drug-likeness (QED) is 0.600. The fourth-order valence-corrected chi connectivity index (χ4v) is 3.66. The first-order chi connectivity index (χ1) is 9.69. The van der Waals surface area contributed by atoms with Crippen molar-refractivity contribution in [1.82, 2.24) is 10.2 Å². The summed E-state index contributed by atoms with van der Waals surface area (Å²) in [6.07, 6.45) is 7.16. The first-order valence-electron chi connectivity index (χ1n) is 6.80. The van der Waals surface area contributed by atoms with Gasteiger partial charge in [0, 0.05) is 12.3 Å². The second kappa shape index (κ2) is 6.17. The van der Waals surface area contributed by atoms with Crippen LogP contribution in [0.3, 0.4) is 0 Å². The number of aliphatic hydroxyl groups is 1.